The van der Waals surface area contributed by atoms with Crippen LogP contribution in [0.4, 0.5) is 13.2 Å². The van der Waals surface area contributed by atoms with Gasteiger partial charge >= 0.3 is 6.18 Å². The van der Waals surface area contributed by atoms with E-state index < -0.39 is 11.7 Å². The van der Waals surface area contributed by atoms with Gasteiger partial charge in [-0.25, -0.2) is 0 Å². The van der Waals surface area contributed by atoms with Gasteiger partial charge in [-0.05, 0) is 36.8 Å². The van der Waals surface area contributed by atoms with Crippen LogP contribution in [0.2, 0.25) is 0 Å². The summed E-state index contributed by atoms with van der Waals surface area (Å²) in [6.07, 6.45) is -4.32. The smallest absolute Gasteiger partial charge is 0.416 e. The number of alkyl halides is 4. The summed E-state index contributed by atoms with van der Waals surface area (Å²) in [5.74, 6) is 0.623. The van der Waals surface area contributed by atoms with Gasteiger partial charge in [0.2, 0.25) is 0 Å². The third-order valence-corrected chi connectivity index (χ3v) is 3.40. The molecule has 0 aliphatic carbocycles. The molecule has 0 saturated heterocycles. The SMILES string of the molecule is Cc1ccc(OCc2ccc(C(F)(F)F)cc2)c(CBr)n1. The lowest BCUT2D eigenvalue weighted by molar-refractivity contribution is -0.137. The molecule has 1 heterocycles. The van der Waals surface area contributed by atoms with Crippen LogP contribution in [0.5, 0.6) is 5.75 Å². The lowest BCUT2D eigenvalue weighted by Gasteiger charge is -2.11. The normalized spacial score (nSPS) is 11.5. The number of nitrogens with zero attached hydrogens (tertiary/aromatic N) is 1. The van der Waals surface area contributed by atoms with E-state index in [0.717, 1.165) is 23.5 Å². The van der Waals surface area contributed by atoms with Gasteiger partial charge in [0.1, 0.15) is 12.4 Å². The maximum absolute atomic E-state index is 12.5. The fourth-order valence-corrected chi connectivity index (χ4v) is 2.18. The first-order chi connectivity index (χ1) is 9.90. The Morgan fingerprint density at radius 1 is 1.10 bits per heavy atom. The Morgan fingerprint density at radius 2 is 1.76 bits per heavy atom. The van der Waals surface area contributed by atoms with Crippen LogP contribution in [-0.4, -0.2) is 4.98 Å². The van der Waals surface area contributed by atoms with Crippen LogP contribution in [0.1, 0.15) is 22.5 Å². The number of aryl methyl sites for hydroxylation is 1. The van der Waals surface area contributed by atoms with Crippen molar-refractivity contribution in [1.82, 2.24) is 4.98 Å². The van der Waals surface area contributed by atoms with Crippen molar-refractivity contribution >= 4 is 15.9 Å². The average molecular weight is 360 g/mol. The van der Waals surface area contributed by atoms with Crippen molar-refractivity contribution in [3.63, 3.8) is 0 Å². The maximum atomic E-state index is 12.5. The topological polar surface area (TPSA) is 22.1 Å². The number of hydrogen-bond acceptors (Lipinski definition) is 2. The molecule has 1 aromatic heterocycles. The van der Waals surface area contributed by atoms with Crippen molar-refractivity contribution in [3.05, 3.63) is 58.9 Å². The van der Waals surface area contributed by atoms with Crippen LogP contribution >= 0.6 is 15.9 Å². The van der Waals surface area contributed by atoms with Gasteiger partial charge in [0.05, 0.1) is 11.3 Å². The molecule has 0 amide bonds. The molecule has 2 rings (SSSR count). The largest absolute Gasteiger partial charge is 0.487 e. The predicted molar refractivity (Wildman–Crippen MR) is 77.4 cm³/mol. The van der Waals surface area contributed by atoms with E-state index in [1.807, 2.05) is 19.1 Å². The monoisotopic (exact) mass is 359 g/mol. The molecule has 0 fully saturated rings. The van der Waals surface area contributed by atoms with Crippen LogP contribution in [0.25, 0.3) is 0 Å². The molecule has 0 radical (unpaired) electrons. The molecule has 0 N–H and O–H groups in total. The van der Waals surface area contributed by atoms with Gasteiger partial charge in [-0.3, -0.25) is 4.98 Å². The Kier molecular flexibility index (Phi) is 4.88. The molecule has 6 heteroatoms. The fraction of sp³-hybridized carbons (Fsp3) is 0.267. The lowest BCUT2D eigenvalue weighted by Crippen LogP contribution is -2.05. The number of aromatic nitrogens is 1. The Balaban J connectivity index is 2.07. The molecule has 0 spiro atoms. The Bertz CT molecular complexity index is 611. The number of halogens is 4. The van der Waals surface area contributed by atoms with E-state index in [1.165, 1.54) is 12.1 Å². The second-order valence-electron chi connectivity index (χ2n) is 4.51. The van der Waals surface area contributed by atoms with Gasteiger partial charge in [0.25, 0.3) is 0 Å². The summed E-state index contributed by atoms with van der Waals surface area (Å²) in [6.45, 7) is 2.08. The molecule has 21 heavy (non-hydrogen) atoms. The van der Waals surface area contributed by atoms with Crippen LogP contribution in [0.3, 0.4) is 0 Å². The zero-order chi connectivity index (χ0) is 15.5. The fourth-order valence-electron chi connectivity index (χ4n) is 1.78. The van der Waals surface area contributed by atoms with Crippen molar-refractivity contribution in [2.75, 3.05) is 0 Å². The van der Waals surface area contributed by atoms with Gasteiger partial charge < -0.3 is 4.74 Å². The summed E-state index contributed by atoms with van der Waals surface area (Å²) in [7, 11) is 0. The molecule has 0 aliphatic heterocycles. The van der Waals surface area contributed by atoms with Crippen LogP contribution in [0, 0.1) is 6.92 Å². The summed E-state index contributed by atoms with van der Waals surface area (Å²) >= 11 is 3.33. The first kappa shape index (κ1) is 15.8. The summed E-state index contributed by atoms with van der Waals surface area (Å²) in [6, 6.07) is 8.57. The Labute approximate surface area is 129 Å². The Hall–Kier alpha value is -1.56. The van der Waals surface area contributed by atoms with Crippen molar-refractivity contribution < 1.29 is 17.9 Å². The highest BCUT2D eigenvalue weighted by Crippen LogP contribution is 2.29. The van der Waals surface area contributed by atoms with E-state index in [-0.39, 0.29) is 6.61 Å². The third kappa shape index (κ3) is 4.20. The molecule has 0 atom stereocenters. The first-order valence-electron chi connectivity index (χ1n) is 6.21. The third-order valence-electron chi connectivity index (χ3n) is 2.87. The highest BCUT2D eigenvalue weighted by atomic mass is 79.9. The molecule has 2 aromatic rings. The Morgan fingerprint density at radius 3 is 2.33 bits per heavy atom. The highest BCUT2D eigenvalue weighted by molar-refractivity contribution is 9.08. The van der Waals surface area contributed by atoms with Gasteiger partial charge in [-0.15, -0.1) is 0 Å². The molecule has 0 aliphatic rings. The minimum Gasteiger partial charge on any atom is -0.487 e. The average Bonchev–Trinajstić information content (AvgIpc) is 2.45. The van der Waals surface area contributed by atoms with E-state index in [0.29, 0.717) is 16.6 Å². The van der Waals surface area contributed by atoms with E-state index in [2.05, 4.69) is 20.9 Å². The van der Waals surface area contributed by atoms with Crippen molar-refractivity contribution in [1.29, 1.82) is 0 Å². The van der Waals surface area contributed by atoms with E-state index in [1.54, 1.807) is 0 Å². The first-order valence-corrected chi connectivity index (χ1v) is 7.33. The number of rotatable bonds is 4. The summed E-state index contributed by atoms with van der Waals surface area (Å²) in [5.41, 5.74) is 1.65. The van der Waals surface area contributed by atoms with Crippen LogP contribution < -0.4 is 4.74 Å². The van der Waals surface area contributed by atoms with Crippen molar-refractivity contribution in [3.8, 4) is 5.75 Å². The van der Waals surface area contributed by atoms with Gasteiger partial charge in [-0.2, -0.15) is 13.2 Å². The molecule has 0 saturated carbocycles. The summed E-state index contributed by atoms with van der Waals surface area (Å²) in [5, 5.41) is 0.553. The number of benzene rings is 1. The quantitative estimate of drug-likeness (QED) is 0.725. The van der Waals surface area contributed by atoms with E-state index in [4.69, 9.17) is 4.74 Å². The van der Waals surface area contributed by atoms with Crippen molar-refractivity contribution in [2.24, 2.45) is 0 Å². The van der Waals surface area contributed by atoms with Crippen LogP contribution in [-0.2, 0) is 18.1 Å². The summed E-state index contributed by atoms with van der Waals surface area (Å²) < 4.78 is 43.0. The number of pyridine rings is 1. The molecule has 1 aromatic carbocycles. The van der Waals surface area contributed by atoms with Crippen molar-refractivity contribution in [2.45, 2.75) is 25.0 Å². The van der Waals surface area contributed by atoms with Gasteiger partial charge in [0.15, 0.2) is 0 Å². The van der Waals surface area contributed by atoms with Gasteiger partial charge in [-0.1, -0.05) is 28.1 Å². The van der Waals surface area contributed by atoms with E-state index >= 15 is 0 Å². The maximum Gasteiger partial charge on any atom is 0.416 e. The molecular weight excluding hydrogens is 347 g/mol. The second kappa shape index (κ2) is 6.47. The number of hydrogen-bond donors (Lipinski definition) is 0. The minimum absolute atomic E-state index is 0.197. The molecule has 112 valence electrons. The highest BCUT2D eigenvalue weighted by Gasteiger charge is 2.29. The predicted octanol–water partition coefficient (Wildman–Crippen LogP) is 4.88. The standard InChI is InChI=1S/C15H13BrF3NO/c1-10-2-7-14(13(8-16)20-10)21-9-11-3-5-12(6-4-11)15(17,18)19/h2-7H,8-9H2,1H3. The molecule has 0 unspecified atom stereocenters. The lowest BCUT2D eigenvalue weighted by atomic mass is 10.1. The molecule has 2 nitrogen and oxygen atoms in total. The zero-order valence-corrected chi connectivity index (χ0v) is 12.8. The van der Waals surface area contributed by atoms with Gasteiger partial charge in [0, 0.05) is 11.0 Å². The second-order valence-corrected chi connectivity index (χ2v) is 5.08. The molecule has 0 bridgehead atoms. The zero-order valence-electron chi connectivity index (χ0n) is 11.2. The molecular formula is C15H13BrF3NO. The van der Waals surface area contributed by atoms with E-state index in [9.17, 15) is 13.2 Å². The number of ether oxygens (including phenoxy) is 1. The summed E-state index contributed by atoms with van der Waals surface area (Å²) in [4.78, 5) is 4.33. The minimum atomic E-state index is -4.32. The van der Waals surface area contributed by atoms with Crippen LogP contribution in [0.15, 0.2) is 36.4 Å².